The van der Waals surface area contributed by atoms with Gasteiger partial charge in [0.1, 0.15) is 11.9 Å². The maximum Gasteiger partial charge on any atom is 0.119 e. The summed E-state index contributed by atoms with van der Waals surface area (Å²) in [7, 11) is 0. The normalized spacial score (nSPS) is 33.0. The lowest BCUT2D eigenvalue weighted by Gasteiger charge is -2.05. The predicted octanol–water partition coefficient (Wildman–Crippen LogP) is 2.84. The highest BCUT2D eigenvalue weighted by molar-refractivity contribution is 6.26. The van der Waals surface area contributed by atoms with Crippen molar-refractivity contribution in [2.24, 2.45) is 0 Å². The second kappa shape index (κ2) is 2.67. The lowest BCUT2D eigenvalue weighted by molar-refractivity contribution is 0.292. The van der Waals surface area contributed by atoms with Gasteiger partial charge in [-0.2, -0.15) is 0 Å². The molecule has 0 heterocycles. The molecule has 12 heavy (non-hydrogen) atoms. The van der Waals surface area contributed by atoms with Gasteiger partial charge in [0.2, 0.25) is 0 Å². The molecule has 2 heteroatoms. The van der Waals surface area contributed by atoms with Gasteiger partial charge in [0, 0.05) is 6.42 Å². The Kier molecular flexibility index (Phi) is 1.76. The van der Waals surface area contributed by atoms with Crippen LogP contribution < -0.4 is 4.74 Å². The van der Waals surface area contributed by atoms with E-state index in [1.807, 2.05) is 37.3 Å². The molecule has 64 valence electrons. The van der Waals surface area contributed by atoms with Crippen LogP contribution in [-0.4, -0.2) is 11.0 Å². The van der Waals surface area contributed by atoms with Gasteiger partial charge in [-0.3, -0.25) is 0 Å². The van der Waals surface area contributed by atoms with E-state index in [0.717, 1.165) is 12.2 Å². The third-order valence-corrected chi connectivity index (χ3v) is 2.51. The Hall–Kier alpha value is -0.690. The number of hydrogen-bond donors (Lipinski definition) is 0. The van der Waals surface area contributed by atoms with Crippen molar-refractivity contribution in [1.29, 1.82) is 0 Å². The summed E-state index contributed by atoms with van der Waals surface area (Å²) in [5.74, 6) is 0.909. The van der Waals surface area contributed by atoms with E-state index in [2.05, 4.69) is 0 Å². The standard InChI is InChI=1S/C10H11ClO/c1-10(11)7-9(10)12-8-5-3-2-4-6-8/h2-6,9H,7H2,1H3. The number of halogens is 1. The Morgan fingerprint density at radius 3 is 2.50 bits per heavy atom. The molecular weight excluding hydrogens is 172 g/mol. The van der Waals surface area contributed by atoms with Gasteiger partial charge in [0.05, 0.1) is 4.87 Å². The van der Waals surface area contributed by atoms with E-state index in [0.29, 0.717) is 0 Å². The van der Waals surface area contributed by atoms with E-state index in [-0.39, 0.29) is 11.0 Å². The summed E-state index contributed by atoms with van der Waals surface area (Å²) in [6, 6.07) is 9.79. The van der Waals surface area contributed by atoms with Crippen LogP contribution in [0.1, 0.15) is 13.3 Å². The topological polar surface area (TPSA) is 9.23 Å². The fourth-order valence-electron chi connectivity index (χ4n) is 1.13. The lowest BCUT2D eigenvalue weighted by atomic mass is 10.3. The lowest BCUT2D eigenvalue weighted by Crippen LogP contribution is -2.06. The van der Waals surface area contributed by atoms with E-state index in [4.69, 9.17) is 16.3 Å². The average molecular weight is 183 g/mol. The van der Waals surface area contributed by atoms with Crippen molar-refractivity contribution < 1.29 is 4.74 Å². The van der Waals surface area contributed by atoms with Crippen molar-refractivity contribution >= 4 is 11.6 Å². The molecule has 1 aliphatic rings. The molecule has 0 amide bonds. The van der Waals surface area contributed by atoms with Crippen molar-refractivity contribution in [3.05, 3.63) is 30.3 Å². The number of benzene rings is 1. The zero-order chi connectivity index (χ0) is 8.60. The third kappa shape index (κ3) is 1.56. The molecule has 1 aromatic rings. The minimum atomic E-state index is -0.129. The second-order valence-corrected chi connectivity index (χ2v) is 4.27. The molecule has 1 nitrogen and oxygen atoms in total. The quantitative estimate of drug-likeness (QED) is 0.640. The highest BCUT2D eigenvalue weighted by atomic mass is 35.5. The summed E-state index contributed by atoms with van der Waals surface area (Å²) in [5.41, 5.74) is 0. The monoisotopic (exact) mass is 182 g/mol. The van der Waals surface area contributed by atoms with Crippen molar-refractivity contribution in [2.45, 2.75) is 24.3 Å². The smallest absolute Gasteiger partial charge is 0.119 e. The zero-order valence-corrected chi connectivity index (χ0v) is 7.71. The summed E-state index contributed by atoms with van der Waals surface area (Å²) in [5, 5.41) is 0. The summed E-state index contributed by atoms with van der Waals surface area (Å²) in [4.78, 5) is -0.129. The number of hydrogen-bond acceptors (Lipinski definition) is 1. The van der Waals surface area contributed by atoms with Crippen LogP contribution in [0.5, 0.6) is 5.75 Å². The van der Waals surface area contributed by atoms with Gasteiger partial charge in [0.15, 0.2) is 0 Å². The summed E-state index contributed by atoms with van der Waals surface area (Å²) in [6.07, 6.45) is 1.14. The largest absolute Gasteiger partial charge is 0.489 e. The molecule has 0 N–H and O–H groups in total. The van der Waals surface area contributed by atoms with Crippen LogP contribution in [0.4, 0.5) is 0 Å². The Bertz CT molecular complexity index is 268. The second-order valence-electron chi connectivity index (χ2n) is 3.40. The molecule has 0 bridgehead atoms. The Morgan fingerprint density at radius 1 is 1.42 bits per heavy atom. The first-order valence-corrected chi connectivity index (χ1v) is 4.47. The van der Waals surface area contributed by atoms with Gasteiger partial charge in [-0.15, -0.1) is 11.6 Å². The molecule has 1 saturated carbocycles. The van der Waals surface area contributed by atoms with Crippen molar-refractivity contribution in [1.82, 2.24) is 0 Å². The molecule has 0 saturated heterocycles. The van der Waals surface area contributed by atoms with E-state index >= 15 is 0 Å². The number of rotatable bonds is 2. The molecule has 0 aromatic heterocycles. The Morgan fingerprint density at radius 2 is 2.00 bits per heavy atom. The molecule has 0 radical (unpaired) electrons. The van der Waals surface area contributed by atoms with Gasteiger partial charge in [-0.05, 0) is 19.1 Å². The Balaban J connectivity index is 1.98. The first-order valence-electron chi connectivity index (χ1n) is 4.09. The van der Waals surface area contributed by atoms with Crippen molar-refractivity contribution in [3.8, 4) is 5.75 Å². The third-order valence-electron chi connectivity index (χ3n) is 2.12. The van der Waals surface area contributed by atoms with Gasteiger partial charge in [-0.25, -0.2) is 0 Å². The van der Waals surface area contributed by atoms with Crippen LogP contribution in [-0.2, 0) is 0 Å². The minimum absolute atomic E-state index is 0.129. The molecule has 1 fully saturated rings. The van der Waals surface area contributed by atoms with Crippen LogP contribution in [0.3, 0.4) is 0 Å². The fourth-order valence-corrected chi connectivity index (χ4v) is 1.32. The SMILES string of the molecule is CC1(Cl)CC1Oc1ccccc1. The highest BCUT2D eigenvalue weighted by Gasteiger charge is 2.51. The molecule has 2 atom stereocenters. The van der Waals surface area contributed by atoms with Crippen LogP contribution in [0.2, 0.25) is 0 Å². The van der Waals surface area contributed by atoms with E-state index in [1.54, 1.807) is 0 Å². The molecule has 0 aliphatic heterocycles. The number of alkyl halides is 1. The zero-order valence-electron chi connectivity index (χ0n) is 6.96. The molecule has 0 spiro atoms. The maximum absolute atomic E-state index is 6.03. The molecular formula is C10H11ClO. The molecule has 1 aromatic carbocycles. The number of ether oxygens (including phenoxy) is 1. The van der Waals surface area contributed by atoms with Crippen LogP contribution in [0, 0.1) is 0 Å². The molecule has 2 unspecified atom stereocenters. The first-order chi connectivity index (χ1) is 5.68. The van der Waals surface area contributed by atoms with Crippen LogP contribution >= 0.6 is 11.6 Å². The average Bonchev–Trinajstić information content (AvgIpc) is 2.61. The van der Waals surface area contributed by atoms with Crippen LogP contribution in [0.15, 0.2) is 30.3 Å². The van der Waals surface area contributed by atoms with Crippen molar-refractivity contribution in [2.75, 3.05) is 0 Å². The van der Waals surface area contributed by atoms with Crippen molar-refractivity contribution in [3.63, 3.8) is 0 Å². The fraction of sp³-hybridized carbons (Fsp3) is 0.400. The highest BCUT2D eigenvalue weighted by Crippen LogP contribution is 2.44. The maximum atomic E-state index is 6.03. The van der Waals surface area contributed by atoms with Gasteiger partial charge in [-0.1, -0.05) is 18.2 Å². The van der Waals surface area contributed by atoms with Crippen LogP contribution in [0.25, 0.3) is 0 Å². The number of para-hydroxylation sites is 1. The van der Waals surface area contributed by atoms with Gasteiger partial charge < -0.3 is 4.74 Å². The van der Waals surface area contributed by atoms with Gasteiger partial charge in [0.25, 0.3) is 0 Å². The minimum Gasteiger partial charge on any atom is -0.489 e. The first kappa shape index (κ1) is 7.93. The summed E-state index contributed by atoms with van der Waals surface area (Å²) in [6.45, 7) is 2.00. The van der Waals surface area contributed by atoms with E-state index in [9.17, 15) is 0 Å². The predicted molar refractivity (Wildman–Crippen MR) is 49.7 cm³/mol. The summed E-state index contributed by atoms with van der Waals surface area (Å²) < 4.78 is 5.61. The molecule has 2 rings (SSSR count). The molecule has 1 aliphatic carbocycles. The summed E-state index contributed by atoms with van der Waals surface area (Å²) >= 11 is 6.03. The Labute approximate surface area is 77.3 Å². The van der Waals surface area contributed by atoms with E-state index in [1.165, 1.54) is 0 Å². The van der Waals surface area contributed by atoms with E-state index < -0.39 is 0 Å². The van der Waals surface area contributed by atoms with Gasteiger partial charge >= 0.3 is 0 Å².